The molecular formula is C28H19Cl2NO3S. The molecule has 0 saturated carbocycles. The topological polar surface area (TPSA) is 46.6 Å². The summed E-state index contributed by atoms with van der Waals surface area (Å²) in [5, 5.41) is 2.78. The summed E-state index contributed by atoms with van der Waals surface area (Å²) in [6.45, 7) is 0.434. The maximum Gasteiger partial charge on any atom is 0.293 e. The van der Waals surface area contributed by atoms with Crippen molar-refractivity contribution in [3.8, 4) is 5.75 Å². The number of rotatable bonds is 6. The standard InChI is InChI=1S/C28H19Cl2NO3S/c29-21-9-5-6-18(14-21)16-31-27(32)26(35-28(31)33)15-23-22-10-3-1-7-19(22)12-13-25(23)34-17-20-8-2-4-11-24(20)30/h1-15H,16-17H2/b26-15-. The van der Waals surface area contributed by atoms with Gasteiger partial charge >= 0.3 is 0 Å². The van der Waals surface area contributed by atoms with Crippen LogP contribution in [0, 0.1) is 0 Å². The van der Waals surface area contributed by atoms with E-state index in [0.29, 0.717) is 20.7 Å². The molecule has 174 valence electrons. The van der Waals surface area contributed by atoms with Crippen molar-refractivity contribution in [2.75, 3.05) is 0 Å². The summed E-state index contributed by atoms with van der Waals surface area (Å²) in [5.41, 5.74) is 2.38. The molecule has 2 amide bonds. The van der Waals surface area contributed by atoms with Crippen LogP contribution in [0.4, 0.5) is 4.79 Å². The molecule has 0 spiro atoms. The second-order valence-corrected chi connectivity index (χ2v) is 9.81. The molecule has 5 rings (SSSR count). The number of amides is 2. The van der Waals surface area contributed by atoms with Crippen molar-refractivity contribution in [3.05, 3.63) is 117 Å². The normalized spacial score (nSPS) is 14.8. The summed E-state index contributed by atoms with van der Waals surface area (Å²) in [7, 11) is 0. The van der Waals surface area contributed by atoms with Crippen molar-refractivity contribution in [2.45, 2.75) is 13.2 Å². The minimum Gasteiger partial charge on any atom is -0.488 e. The molecule has 4 aromatic rings. The van der Waals surface area contributed by atoms with Crippen molar-refractivity contribution >= 4 is 63.0 Å². The average molecular weight is 520 g/mol. The summed E-state index contributed by atoms with van der Waals surface area (Å²) in [6.07, 6.45) is 1.74. The predicted molar refractivity (Wildman–Crippen MR) is 143 cm³/mol. The van der Waals surface area contributed by atoms with E-state index in [2.05, 4.69) is 0 Å². The molecule has 0 aliphatic carbocycles. The number of thioether (sulfide) groups is 1. The molecule has 1 aliphatic heterocycles. The van der Waals surface area contributed by atoms with Crippen LogP contribution in [0.15, 0.2) is 89.8 Å². The van der Waals surface area contributed by atoms with Gasteiger partial charge in [-0.1, -0.05) is 83.9 Å². The lowest BCUT2D eigenvalue weighted by molar-refractivity contribution is -0.123. The number of imide groups is 1. The average Bonchev–Trinajstić information content (AvgIpc) is 3.12. The summed E-state index contributed by atoms with van der Waals surface area (Å²) in [4.78, 5) is 27.5. The first kappa shape index (κ1) is 23.5. The Labute approximate surface area is 217 Å². The molecule has 0 aromatic heterocycles. The van der Waals surface area contributed by atoms with Gasteiger partial charge in [0.05, 0.1) is 11.4 Å². The fourth-order valence-corrected chi connectivity index (χ4v) is 5.13. The fraction of sp³-hybridized carbons (Fsp3) is 0.0714. The van der Waals surface area contributed by atoms with Crippen molar-refractivity contribution in [2.24, 2.45) is 0 Å². The number of hydrogen-bond acceptors (Lipinski definition) is 4. The monoisotopic (exact) mass is 519 g/mol. The first-order valence-electron chi connectivity index (χ1n) is 10.9. The quantitative estimate of drug-likeness (QED) is 0.242. The Morgan fingerprint density at radius 1 is 0.886 bits per heavy atom. The highest BCUT2D eigenvalue weighted by Gasteiger charge is 2.35. The summed E-state index contributed by atoms with van der Waals surface area (Å²) >= 11 is 13.3. The van der Waals surface area contributed by atoms with E-state index >= 15 is 0 Å². The summed E-state index contributed by atoms with van der Waals surface area (Å²) < 4.78 is 6.16. The number of hydrogen-bond donors (Lipinski definition) is 0. The van der Waals surface area contributed by atoms with Gasteiger partial charge in [-0.3, -0.25) is 14.5 Å². The number of carbonyl (C=O) groups is 2. The molecule has 1 fully saturated rings. The minimum atomic E-state index is -0.343. The van der Waals surface area contributed by atoms with Crippen LogP contribution in [-0.2, 0) is 17.9 Å². The minimum absolute atomic E-state index is 0.161. The van der Waals surface area contributed by atoms with Crippen LogP contribution >= 0.6 is 35.0 Å². The third-order valence-corrected chi connectivity index (χ3v) is 7.16. The number of ether oxygens (including phenoxy) is 1. The van der Waals surface area contributed by atoms with Gasteiger partial charge in [0.2, 0.25) is 0 Å². The van der Waals surface area contributed by atoms with Gasteiger partial charge in [0.1, 0.15) is 12.4 Å². The van der Waals surface area contributed by atoms with Gasteiger partial charge in [-0.2, -0.15) is 0 Å². The Bertz CT molecular complexity index is 1480. The maximum absolute atomic E-state index is 13.2. The highest BCUT2D eigenvalue weighted by atomic mass is 35.5. The van der Waals surface area contributed by atoms with E-state index in [1.54, 1.807) is 24.3 Å². The van der Waals surface area contributed by atoms with Crippen LogP contribution in [0.25, 0.3) is 16.8 Å². The third kappa shape index (κ3) is 5.08. The molecule has 35 heavy (non-hydrogen) atoms. The molecule has 0 atom stereocenters. The first-order valence-corrected chi connectivity index (χ1v) is 12.4. The van der Waals surface area contributed by atoms with E-state index < -0.39 is 0 Å². The van der Waals surface area contributed by atoms with E-state index in [1.165, 1.54) is 4.90 Å². The van der Waals surface area contributed by atoms with Crippen LogP contribution in [0.5, 0.6) is 5.75 Å². The molecule has 7 heteroatoms. The molecule has 4 nitrogen and oxygen atoms in total. The van der Waals surface area contributed by atoms with E-state index in [4.69, 9.17) is 27.9 Å². The number of carbonyl (C=O) groups excluding carboxylic acids is 2. The second kappa shape index (κ2) is 10.2. The Morgan fingerprint density at radius 2 is 1.69 bits per heavy atom. The molecule has 0 unspecified atom stereocenters. The molecular weight excluding hydrogens is 501 g/mol. The maximum atomic E-state index is 13.2. The summed E-state index contributed by atoms with van der Waals surface area (Å²) in [5.74, 6) is 0.259. The molecule has 0 N–H and O–H groups in total. The van der Waals surface area contributed by atoms with Crippen molar-refractivity contribution in [1.29, 1.82) is 0 Å². The molecule has 0 bridgehead atoms. The highest BCUT2D eigenvalue weighted by molar-refractivity contribution is 8.18. The Kier molecular flexibility index (Phi) is 6.82. The Morgan fingerprint density at radius 3 is 2.51 bits per heavy atom. The SMILES string of the molecule is O=C1S/C(=C\c2c(OCc3ccccc3Cl)ccc3ccccc23)C(=O)N1Cc1cccc(Cl)c1. The van der Waals surface area contributed by atoms with Crippen LogP contribution in [0.1, 0.15) is 16.7 Å². The number of halogens is 2. The predicted octanol–water partition coefficient (Wildman–Crippen LogP) is 7.96. The van der Waals surface area contributed by atoms with Crippen LogP contribution in [0.2, 0.25) is 10.0 Å². The Hall–Kier alpha value is -3.25. The van der Waals surface area contributed by atoms with Gasteiger partial charge in [-0.05, 0) is 58.4 Å². The number of nitrogens with zero attached hydrogens (tertiary/aromatic N) is 1. The van der Waals surface area contributed by atoms with Gasteiger partial charge in [-0.25, -0.2) is 0 Å². The fourth-order valence-electron chi connectivity index (χ4n) is 3.91. The highest BCUT2D eigenvalue weighted by Crippen LogP contribution is 2.38. The van der Waals surface area contributed by atoms with E-state index in [-0.39, 0.29) is 24.3 Å². The zero-order chi connectivity index (χ0) is 24.4. The van der Waals surface area contributed by atoms with E-state index in [1.807, 2.05) is 66.7 Å². The molecule has 4 aromatic carbocycles. The van der Waals surface area contributed by atoms with Crippen LogP contribution in [0.3, 0.4) is 0 Å². The molecule has 1 aliphatic rings. The van der Waals surface area contributed by atoms with Gasteiger partial charge < -0.3 is 4.74 Å². The largest absolute Gasteiger partial charge is 0.488 e. The van der Waals surface area contributed by atoms with Crippen LogP contribution in [-0.4, -0.2) is 16.0 Å². The van der Waals surface area contributed by atoms with Crippen molar-refractivity contribution in [1.82, 2.24) is 4.90 Å². The second-order valence-electron chi connectivity index (χ2n) is 7.98. The van der Waals surface area contributed by atoms with Crippen LogP contribution < -0.4 is 4.74 Å². The third-order valence-electron chi connectivity index (χ3n) is 5.65. The Balaban J connectivity index is 1.49. The lowest BCUT2D eigenvalue weighted by Gasteiger charge is -2.14. The zero-order valence-electron chi connectivity index (χ0n) is 18.4. The van der Waals surface area contributed by atoms with Crippen molar-refractivity contribution < 1.29 is 14.3 Å². The summed E-state index contributed by atoms with van der Waals surface area (Å²) in [6, 6.07) is 26.3. The zero-order valence-corrected chi connectivity index (χ0v) is 20.7. The van der Waals surface area contributed by atoms with E-state index in [9.17, 15) is 9.59 Å². The van der Waals surface area contributed by atoms with Gasteiger partial charge in [0.15, 0.2) is 0 Å². The lowest BCUT2D eigenvalue weighted by Crippen LogP contribution is -2.27. The van der Waals surface area contributed by atoms with Gasteiger partial charge in [0, 0.05) is 21.2 Å². The molecule has 1 heterocycles. The number of fused-ring (bicyclic) bond motifs is 1. The molecule has 0 radical (unpaired) electrons. The lowest BCUT2D eigenvalue weighted by atomic mass is 10.0. The smallest absolute Gasteiger partial charge is 0.293 e. The van der Waals surface area contributed by atoms with Crippen molar-refractivity contribution in [3.63, 3.8) is 0 Å². The number of benzene rings is 4. The van der Waals surface area contributed by atoms with Gasteiger partial charge in [0.25, 0.3) is 11.1 Å². The first-order chi connectivity index (χ1) is 17.0. The molecule has 1 saturated heterocycles. The van der Waals surface area contributed by atoms with Gasteiger partial charge in [-0.15, -0.1) is 0 Å². The van der Waals surface area contributed by atoms with E-state index in [0.717, 1.165) is 39.2 Å².